The molecule has 2 aromatic carbocycles. The molecule has 0 aromatic heterocycles. The Morgan fingerprint density at radius 1 is 1.00 bits per heavy atom. The molecular formula is C26H28N2O3. The number of ether oxygens (including phenoxy) is 1. The fourth-order valence-corrected chi connectivity index (χ4v) is 4.12. The summed E-state index contributed by atoms with van der Waals surface area (Å²) in [6, 6.07) is 18.7. The van der Waals surface area contributed by atoms with Crippen LogP contribution >= 0.6 is 0 Å². The molecule has 1 heterocycles. The predicted octanol–water partition coefficient (Wildman–Crippen LogP) is 4.81. The van der Waals surface area contributed by atoms with Crippen LogP contribution in [0.4, 0.5) is 10.5 Å². The lowest BCUT2D eigenvalue weighted by atomic mass is 9.95. The van der Waals surface area contributed by atoms with Gasteiger partial charge in [-0.15, -0.1) is 0 Å². The van der Waals surface area contributed by atoms with Crippen LogP contribution in [0, 0.1) is 11.8 Å². The third-order valence-corrected chi connectivity index (χ3v) is 5.69. The fourth-order valence-electron chi connectivity index (χ4n) is 4.12. The highest BCUT2D eigenvalue weighted by molar-refractivity contribution is 6.15. The standard InChI is InChI=1S/C26H28N2O3/c1-20-9-8-12-22(15-20)17-27-19-31-18-23(16-21-10-4-2-5-11-21)25(29)28(26(27)30)24-13-6-3-7-14-24/h2-14,20,23H,15-19H2,1H3. The summed E-state index contributed by atoms with van der Waals surface area (Å²) in [6.07, 6.45) is 7.68. The van der Waals surface area contributed by atoms with Crippen LogP contribution in [-0.2, 0) is 16.0 Å². The number of hydrogen-bond donors (Lipinski definition) is 0. The maximum Gasteiger partial charge on any atom is 0.333 e. The summed E-state index contributed by atoms with van der Waals surface area (Å²) in [5.41, 5.74) is 2.80. The summed E-state index contributed by atoms with van der Waals surface area (Å²) >= 11 is 0. The van der Waals surface area contributed by atoms with Crippen LogP contribution in [0.15, 0.2) is 84.5 Å². The van der Waals surface area contributed by atoms with Crippen molar-refractivity contribution in [2.24, 2.45) is 11.8 Å². The number of para-hydroxylation sites is 1. The van der Waals surface area contributed by atoms with Crippen LogP contribution in [0.1, 0.15) is 18.9 Å². The van der Waals surface area contributed by atoms with Gasteiger partial charge >= 0.3 is 6.03 Å². The Kier molecular flexibility index (Phi) is 6.63. The summed E-state index contributed by atoms with van der Waals surface area (Å²) in [4.78, 5) is 30.1. The number of anilines is 1. The Morgan fingerprint density at radius 2 is 1.71 bits per heavy atom. The van der Waals surface area contributed by atoms with Crippen LogP contribution in [0.3, 0.4) is 0 Å². The normalized spacial score (nSPS) is 22.2. The number of carbonyl (C=O) groups is 2. The Bertz CT molecular complexity index is 969. The molecule has 0 bridgehead atoms. The second-order valence-electron chi connectivity index (χ2n) is 8.27. The maximum atomic E-state index is 13.6. The minimum Gasteiger partial charge on any atom is -0.360 e. The van der Waals surface area contributed by atoms with Crippen molar-refractivity contribution < 1.29 is 14.3 Å². The zero-order valence-electron chi connectivity index (χ0n) is 17.8. The topological polar surface area (TPSA) is 49.9 Å². The van der Waals surface area contributed by atoms with Crippen molar-refractivity contribution in [2.45, 2.75) is 19.8 Å². The van der Waals surface area contributed by atoms with Crippen LogP contribution in [0.5, 0.6) is 0 Å². The molecular weight excluding hydrogens is 388 g/mol. The van der Waals surface area contributed by atoms with E-state index in [4.69, 9.17) is 4.74 Å². The molecule has 5 heteroatoms. The van der Waals surface area contributed by atoms with Gasteiger partial charge in [0.2, 0.25) is 5.91 Å². The first-order valence-electron chi connectivity index (χ1n) is 10.8. The highest BCUT2D eigenvalue weighted by atomic mass is 16.5. The minimum absolute atomic E-state index is 0.163. The van der Waals surface area contributed by atoms with Crippen LogP contribution in [0.2, 0.25) is 0 Å². The van der Waals surface area contributed by atoms with Gasteiger partial charge in [-0.05, 0) is 36.5 Å². The van der Waals surface area contributed by atoms with Gasteiger partial charge in [-0.25, -0.2) is 9.69 Å². The lowest BCUT2D eigenvalue weighted by Crippen LogP contribution is -2.53. The molecule has 1 aliphatic heterocycles. The van der Waals surface area contributed by atoms with Gasteiger partial charge in [-0.3, -0.25) is 9.69 Å². The Morgan fingerprint density at radius 3 is 2.42 bits per heavy atom. The van der Waals surface area contributed by atoms with E-state index in [2.05, 4.69) is 19.1 Å². The van der Waals surface area contributed by atoms with Gasteiger partial charge in [-0.1, -0.05) is 79.3 Å². The molecule has 2 aliphatic rings. The zero-order chi connectivity index (χ0) is 21.6. The molecule has 1 fully saturated rings. The van der Waals surface area contributed by atoms with E-state index in [1.165, 1.54) is 4.90 Å². The summed E-state index contributed by atoms with van der Waals surface area (Å²) in [6.45, 7) is 3.04. The number of carbonyl (C=O) groups excluding carboxylic acids is 2. The van der Waals surface area contributed by atoms with Crippen molar-refractivity contribution in [1.29, 1.82) is 0 Å². The van der Waals surface area contributed by atoms with Gasteiger partial charge in [0.1, 0.15) is 6.73 Å². The van der Waals surface area contributed by atoms with Gasteiger partial charge in [0.15, 0.2) is 0 Å². The molecule has 5 nitrogen and oxygen atoms in total. The van der Waals surface area contributed by atoms with E-state index >= 15 is 0 Å². The van der Waals surface area contributed by atoms with Gasteiger partial charge < -0.3 is 4.74 Å². The van der Waals surface area contributed by atoms with E-state index in [9.17, 15) is 9.59 Å². The van der Waals surface area contributed by atoms with Crippen molar-refractivity contribution in [2.75, 3.05) is 24.8 Å². The second-order valence-corrected chi connectivity index (χ2v) is 8.27. The third-order valence-electron chi connectivity index (χ3n) is 5.69. The van der Waals surface area contributed by atoms with Gasteiger partial charge in [-0.2, -0.15) is 0 Å². The molecule has 0 radical (unpaired) electrons. The monoisotopic (exact) mass is 416 g/mol. The van der Waals surface area contributed by atoms with Crippen molar-refractivity contribution in [3.8, 4) is 0 Å². The first kappa shape index (κ1) is 21.1. The van der Waals surface area contributed by atoms with E-state index in [-0.39, 0.29) is 25.3 Å². The van der Waals surface area contributed by atoms with Crippen molar-refractivity contribution in [3.63, 3.8) is 0 Å². The summed E-state index contributed by atoms with van der Waals surface area (Å²) in [5, 5.41) is 0. The quantitative estimate of drug-likeness (QED) is 0.703. The molecule has 2 aromatic rings. The average molecular weight is 417 g/mol. The molecule has 1 saturated heterocycles. The maximum absolute atomic E-state index is 13.6. The van der Waals surface area contributed by atoms with E-state index < -0.39 is 5.92 Å². The van der Waals surface area contributed by atoms with Gasteiger partial charge in [0, 0.05) is 6.54 Å². The molecule has 160 valence electrons. The average Bonchev–Trinajstić information content (AvgIpc) is 2.78. The fraction of sp³-hybridized carbons (Fsp3) is 0.308. The Balaban J connectivity index is 1.60. The van der Waals surface area contributed by atoms with E-state index in [0.29, 0.717) is 24.6 Å². The Hall–Kier alpha value is -3.18. The second kappa shape index (κ2) is 9.75. The molecule has 3 amide bonds. The number of hydrogen-bond acceptors (Lipinski definition) is 3. The zero-order valence-corrected chi connectivity index (χ0v) is 17.8. The molecule has 1 aliphatic carbocycles. The molecule has 4 rings (SSSR count). The summed E-state index contributed by atoms with van der Waals surface area (Å²) < 4.78 is 5.88. The molecule has 2 atom stereocenters. The van der Waals surface area contributed by atoms with Gasteiger partial charge in [0.05, 0.1) is 18.2 Å². The number of nitrogens with zero attached hydrogens (tertiary/aromatic N) is 2. The van der Waals surface area contributed by atoms with Crippen LogP contribution in [-0.4, -0.2) is 36.7 Å². The number of urea groups is 1. The largest absolute Gasteiger partial charge is 0.360 e. The number of benzene rings is 2. The molecule has 0 spiro atoms. The number of rotatable bonds is 5. The highest BCUT2D eigenvalue weighted by Gasteiger charge is 2.36. The molecule has 0 N–H and O–H groups in total. The smallest absolute Gasteiger partial charge is 0.333 e. The SMILES string of the molecule is CC1C=CC=C(CN2COCC(Cc3ccccc3)C(=O)N(c3ccccc3)C2=O)C1. The molecule has 0 saturated carbocycles. The van der Waals surface area contributed by atoms with Crippen molar-refractivity contribution in [3.05, 3.63) is 90.0 Å². The lowest BCUT2D eigenvalue weighted by Gasteiger charge is -2.35. The minimum atomic E-state index is -0.425. The van der Waals surface area contributed by atoms with E-state index in [1.807, 2.05) is 54.6 Å². The van der Waals surface area contributed by atoms with E-state index in [0.717, 1.165) is 17.6 Å². The first-order chi connectivity index (χ1) is 15.1. The predicted molar refractivity (Wildman–Crippen MR) is 121 cm³/mol. The van der Waals surface area contributed by atoms with Crippen LogP contribution < -0.4 is 4.90 Å². The molecule has 2 unspecified atom stereocenters. The van der Waals surface area contributed by atoms with Crippen LogP contribution in [0.25, 0.3) is 0 Å². The molecule has 31 heavy (non-hydrogen) atoms. The third kappa shape index (κ3) is 5.12. The summed E-state index contributed by atoms with van der Waals surface area (Å²) in [5.74, 6) is -0.214. The lowest BCUT2D eigenvalue weighted by molar-refractivity contribution is -0.125. The number of imide groups is 1. The van der Waals surface area contributed by atoms with Gasteiger partial charge in [0.25, 0.3) is 0 Å². The van der Waals surface area contributed by atoms with Crippen molar-refractivity contribution >= 4 is 17.6 Å². The van der Waals surface area contributed by atoms with Crippen molar-refractivity contribution in [1.82, 2.24) is 4.90 Å². The first-order valence-corrected chi connectivity index (χ1v) is 10.8. The summed E-state index contributed by atoms with van der Waals surface area (Å²) in [7, 11) is 0. The number of amides is 3. The number of allylic oxidation sites excluding steroid dienone is 3. The Labute approximate surface area is 183 Å². The highest BCUT2D eigenvalue weighted by Crippen LogP contribution is 2.25. The van der Waals surface area contributed by atoms with E-state index in [1.54, 1.807) is 17.0 Å².